The lowest BCUT2D eigenvalue weighted by molar-refractivity contribution is -0.123. The van der Waals surface area contributed by atoms with E-state index in [1.807, 2.05) is 0 Å². The van der Waals surface area contributed by atoms with Crippen molar-refractivity contribution in [3.8, 4) is 12.3 Å². The van der Waals surface area contributed by atoms with Crippen LogP contribution in [0, 0.1) is 12.3 Å². The lowest BCUT2D eigenvalue weighted by atomic mass is 10.2. The van der Waals surface area contributed by atoms with Gasteiger partial charge in [0.25, 0.3) is 0 Å². The van der Waals surface area contributed by atoms with E-state index in [4.69, 9.17) is 6.42 Å². The van der Waals surface area contributed by atoms with Gasteiger partial charge in [-0.15, -0.1) is 6.42 Å². The highest BCUT2D eigenvalue weighted by molar-refractivity contribution is 7.92. The average Bonchev–Trinajstić information content (AvgIpc) is 2.01. The summed E-state index contributed by atoms with van der Waals surface area (Å²) in [6.07, 6.45) is 6.08. The molecule has 0 spiro atoms. The third-order valence-electron chi connectivity index (χ3n) is 2.07. The van der Waals surface area contributed by atoms with Crippen LogP contribution in [0.5, 0.6) is 0 Å². The first kappa shape index (κ1) is 13.0. The van der Waals surface area contributed by atoms with Crippen LogP contribution in [-0.2, 0) is 14.6 Å². The zero-order valence-electron chi connectivity index (χ0n) is 8.79. The molecular formula is C9H15NO3S. The van der Waals surface area contributed by atoms with Crippen molar-refractivity contribution in [2.24, 2.45) is 0 Å². The molecular weight excluding hydrogens is 202 g/mol. The number of carbonyl (C=O) groups is 1. The van der Waals surface area contributed by atoms with E-state index in [1.54, 1.807) is 6.92 Å². The van der Waals surface area contributed by atoms with Crippen molar-refractivity contribution in [2.45, 2.75) is 31.6 Å². The summed E-state index contributed by atoms with van der Waals surface area (Å²) in [5.74, 6) is 1.71. The Hall–Kier alpha value is -1.02. The lowest BCUT2D eigenvalue weighted by Crippen LogP contribution is -2.49. The molecule has 0 bridgehead atoms. The molecule has 1 N–H and O–H groups in total. The topological polar surface area (TPSA) is 63.2 Å². The minimum absolute atomic E-state index is 0.469. The van der Waals surface area contributed by atoms with Crippen LogP contribution in [0.25, 0.3) is 0 Å². The highest BCUT2D eigenvalue weighted by Crippen LogP contribution is 2.15. The molecule has 5 heteroatoms. The van der Waals surface area contributed by atoms with Gasteiger partial charge in [0.15, 0.2) is 9.84 Å². The van der Waals surface area contributed by atoms with Gasteiger partial charge in [0, 0.05) is 6.26 Å². The van der Waals surface area contributed by atoms with Crippen molar-refractivity contribution in [1.29, 1.82) is 0 Å². The Morgan fingerprint density at radius 3 is 2.21 bits per heavy atom. The number of sulfone groups is 1. The quantitative estimate of drug-likeness (QED) is 0.674. The van der Waals surface area contributed by atoms with Crippen LogP contribution in [0.4, 0.5) is 0 Å². The summed E-state index contributed by atoms with van der Waals surface area (Å²) in [4.78, 5) is 11.5. The number of amides is 1. The second-order valence-corrected chi connectivity index (χ2v) is 6.21. The lowest BCUT2D eigenvalue weighted by Gasteiger charge is -2.22. The Morgan fingerprint density at radius 2 is 1.93 bits per heavy atom. The third kappa shape index (κ3) is 2.74. The highest BCUT2D eigenvalue weighted by Gasteiger charge is 2.38. The molecule has 1 amide bonds. The van der Waals surface area contributed by atoms with Crippen molar-refractivity contribution >= 4 is 15.7 Å². The zero-order chi connectivity index (χ0) is 11.6. The monoisotopic (exact) mass is 217 g/mol. The van der Waals surface area contributed by atoms with Gasteiger partial charge in [0.05, 0.1) is 6.04 Å². The van der Waals surface area contributed by atoms with Crippen LogP contribution < -0.4 is 5.32 Å². The van der Waals surface area contributed by atoms with Crippen LogP contribution in [0.15, 0.2) is 0 Å². The molecule has 0 rings (SSSR count). The smallest absolute Gasteiger partial charge is 0.241 e. The molecule has 0 fully saturated rings. The first-order chi connectivity index (χ1) is 6.13. The summed E-state index contributed by atoms with van der Waals surface area (Å²) in [6, 6.07) is -0.469. The van der Waals surface area contributed by atoms with Crippen molar-refractivity contribution < 1.29 is 13.2 Å². The van der Waals surface area contributed by atoms with Crippen molar-refractivity contribution in [3.63, 3.8) is 0 Å². The van der Waals surface area contributed by atoms with Gasteiger partial charge < -0.3 is 5.32 Å². The van der Waals surface area contributed by atoms with Crippen LogP contribution in [0.2, 0.25) is 0 Å². The largest absolute Gasteiger partial charge is 0.341 e. The Bertz CT molecular complexity index is 362. The second kappa shape index (κ2) is 4.01. The van der Waals surface area contributed by atoms with Gasteiger partial charge in [-0.25, -0.2) is 8.42 Å². The summed E-state index contributed by atoms with van der Waals surface area (Å²) in [5, 5.41) is 2.42. The molecule has 0 aliphatic rings. The molecule has 0 aliphatic heterocycles. The fourth-order valence-corrected chi connectivity index (χ4v) is 0.976. The standard InChI is InChI=1S/C9H15NO3S/c1-6-7(2)10-8(11)9(3,4)14(5,12)13/h1,7H,2-5H3,(H,10,11). The summed E-state index contributed by atoms with van der Waals surface area (Å²) in [6.45, 7) is 4.30. The molecule has 0 saturated heterocycles. The molecule has 0 heterocycles. The van der Waals surface area contributed by atoms with Crippen LogP contribution >= 0.6 is 0 Å². The fourth-order valence-electron chi connectivity index (χ4n) is 0.580. The number of nitrogens with one attached hydrogen (secondary N) is 1. The van der Waals surface area contributed by atoms with Gasteiger partial charge in [0.1, 0.15) is 4.75 Å². The van der Waals surface area contributed by atoms with Crippen LogP contribution in [0.3, 0.4) is 0 Å². The van der Waals surface area contributed by atoms with E-state index < -0.39 is 26.5 Å². The van der Waals surface area contributed by atoms with E-state index in [-0.39, 0.29) is 0 Å². The molecule has 4 nitrogen and oxygen atoms in total. The predicted octanol–water partition coefficient (Wildman–Crippen LogP) is -0.0525. The predicted molar refractivity (Wildman–Crippen MR) is 55.4 cm³/mol. The highest BCUT2D eigenvalue weighted by atomic mass is 32.2. The van der Waals surface area contributed by atoms with Crippen molar-refractivity contribution in [1.82, 2.24) is 5.32 Å². The molecule has 80 valence electrons. The van der Waals surface area contributed by atoms with Gasteiger partial charge >= 0.3 is 0 Å². The fraction of sp³-hybridized carbons (Fsp3) is 0.667. The Kier molecular flexibility index (Phi) is 3.72. The number of carbonyl (C=O) groups excluding carboxylic acids is 1. The van der Waals surface area contributed by atoms with Gasteiger partial charge in [-0.1, -0.05) is 5.92 Å². The summed E-state index contributed by atoms with van der Waals surface area (Å²) < 4.78 is 21.1. The van der Waals surface area contributed by atoms with Crippen LogP contribution in [0.1, 0.15) is 20.8 Å². The Balaban J connectivity index is 4.81. The Labute approximate surface area is 85.0 Å². The molecule has 1 unspecified atom stereocenters. The third-order valence-corrected chi connectivity index (χ3v) is 4.11. The first-order valence-corrected chi connectivity index (χ1v) is 5.98. The van der Waals surface area contributed by atoms with Gasteiger partial charge in [-0.2, -0.15) is 0 Å². The van der Waals surface area contributed by atoms with Gasteiger partial charge in [0.2, 0.25) is 5.91 Å². The zero-order valence-corrected chi connectivity index (χ0v) is 9.60. The first-order valence-electron chi connectivity index (χ1n) is 4.09. The molecule has 0 saturated carbocycles. The van der Waals surface area contributed by atoms with Crippen molar-refractivity contribution in [3.05, 3.63) is 0 Å². The molecule has 0 aromatic carbocycles. The Morgan fingerprint density at radius 1 is 1.50 bits per heavy atom. The van der Waals surface area contributed by atoms with E-state index in [0.29, 0.717) is 0 Å². The SMILES string of the molecule is C#CC(C)NC(=O)C(C)(C)S(C)(=O)=O. The summed E-state index contributed by atoms with van der Waals surface area (Å²) in [5.41, 5.74) is 0. The number of hydrogen-bond acceptors (Lipinski definition) is 3. The maximum atomic E-state index is 11.5. The summed E-state index contributed by atoms with van der Waals surface area (Å²) in [7, 11) is -3.44. The minimum atomic E-state index is -3.44. The van der Waals surface area contributed by atoms with E-state index in [0.717, 1.165) is 6.26 Å². The van der Waals surface area contributed by atoms with Crippen molar-refractivity contribution in [2.75, 3.05) is 6.26 Å². The molecule has 0 aromatic rings. The van der Waals surface area contributed by atoms with E-state index >= 15 is 0 Å². The number of terminal acetylenes is 1. The number of hydrogen-bond donors (Lipinski definition) is 1. The van der Waals surface area contributed by atoms with E-state index in [9.17, 15) is 13.2 Å². The average molecular weight is 217 g/mol. The molecule has 0 radical (unpaired) electrons. The molecule has 0 aliphatic carbocycles. The van der Waals surface area contributed by atoms with E-state index in [2.05, 4.69) is 11.2 Å². The second-order valence-electron chi connectivity index (χ2n) is 3.64. The maximum Gasteiger partial charge on any atom is 0.241 e. The molecule has 14 heavy (non-hydrogen) atoms. The van der Waals surface area contributed by atoms with Gasteiger partial charge in [-0.05, 0) is 20.8 Å². The van der Waals surface area contributed by atoms with Gasteiger partial charge in [-0.3, -0.25) is 4.79 Å². The van der Waals surface area contributed by atoms with Crippen LogP contribution in [-0.4, -0.2) is 31.4 Å². The molecule has 0 aromatic heterocycles. The minimum Gasteiger partial charge on any atom is -0.341 e. The maximum absolute atomic E-state index is 11.5. The normalized spacial score (nSPS) is 14.2. The summed E-state index contributed by atoms with van der Waals surface area (Å²) >= 11 is 0. The number of rotatable bonds is 3. The van der Waals surface area contributed by atoms with E-state index in [1.165, 1.54) is 13.8 Å². The molecule has 1 atom stereocenters.